The van der Waals surface area contributed by atoms with E-state index in [4.69, 9.17) is 11.6 Å². The first-order chi connectivity index (χ1) is 14.9. The van der Waals surface area contributed by atoms with Gasteiger partial charge in [0, 0.05) is 16.0 Å². The van der Waals surface area contributed by atoms with Gasteiger partial charge in [0.1, 0.15) is 0 Å². The molecule has 0 spiro atoms. The van der Waals surface area contributed by atoms with Crippen LogP contribution in [-0.4, -0.2) is 15.7 Å². The first-order valence-electron chi connectivity index (χ1n) is 10.5. The molecular formula is C26H26ClN3O. The lowest BCUT2D eigenvalue weighted by Gasteiger charge is -2.16. The highest BCUT2D eigenvalue weighted by molar-refractivity contribution is 6.30. The summed E-state index contributed by atoms with van der Waals surface area (Å²) in [5.74, 6) is 0.393. The Morgan fingerprint density at radius 2 is 1.65 bits per heavy atom. The van der Waals surface area contributed by atoms with E-state index in [1.165, 1.54) is 5.56 Å². The predicted octanol–water partition coefficient (Wildman–Crippen LogP) is 6.35. The van der Waals surface area contributed by atoms with Gasteiger partial charge in [-0.25, -0.2) is 0 Å². The van der Waals surface area contributed by atoms with E-state index in [1.807, 2.05) is 60.3 Å². The van der Waals surface area contributed by atoms with Gasteiger partial charge >= 0.3 is 0 Å². The molecule has 0 bridgehead atoms. The molecule has 4 aromatic rings. The molecule has 5 heteroatoms. The third-order valence-corrected chi connectivity index (χ3v) is 5.86. The second kappa shape index (κ2) is 8.94. The minimum atomic E-state index is -0.0958. The van der Waals surface area contributed by atoms with E-state index >= 15 is 0 Å². The third-order valence-electron chi connectivity index (χ3n) is 5.60. The molecule has 0 saturated carbocycles. The van der Waals surface area contributed by atoms with Crippen molar-refractivity contribution in [2.24, 2.45) is 0 Å². The van der Waals surface area contributed by atoms with Gasteiger partial charge in [-0.05, 0) is 53.8 Å². The van der Waals surface area contributed by atoms with Gasteiger partial charge in [0.2, 0.25) is 0 Å². The number of halogens is 1. The van der Waals surface area contributed by atoms with Gasteiger partial charge < -0.3 is 5.32 Å². The number of amides is 1. The van der Waals surface area contributed by atoms with Crippen molar-refractivity contribution in [1.29, 1.82) is 0 Å². The van der Waals surface area contributed by atoms with Gasteiger partial charge in [0.25, 0.3) is 5.91 Å². The Morgan fingerprint density at radius 3 is 2.32 bits per heavy atom. The number of hydrogen-bond acceptors (Lipinski definition) is 2. The summed E-state index contributed by atoms with van der Waals surface area (Å²) in [6, 6.07) is 21.8. The van der Waals surface area contributed by atoms with Gasteiger partial charge in [0.05, 0.1) is 24.3 Å². The number of rotatable bonds is 6. The fraction of sp³-hybridized carbons (Fsp3) is 0.231. The van der Waals surface area contributed by atoms with Crippen LogP contribution in [-0.2, 0) is 6.54 Å². The molecule has 0 aliphatic carbocycles. The Morgan fingerprint density at radius 1 is 0.968 bits per heavy atom. The van der Waals surface area contributed by atoms with E-state index in [-0.39, 0.29) is 11.9 Å². The maximum Gasteiger partial charge on any atom is 0.251 e. The lowest BCUT2D eigenvalue weighted by molar-refractivity contribution is 0.0940. The van der Waals surface area contributed by atoms with E-state index in [0.29, 0.717) is 23.0 Å². The van der Waals surface area contributed by atoms with Crippen LogP contribution in [0.25, 0.3) is 10.9 Å². The van der Waals surface area contributed by atoms with E-state index in [1.54, 1.807) is 0 Å². The summed E-state index contributed by atoms with van der Waals surface area (Å²) in [6.45, 7) is 6.97. The molecule has 0 unspecified atom stereocenters. The summed E-state index contributed by atoms with van der Waals surface area (Å²) in [4.78, 5) is 12.9. The van der Waals surface area contributed by atoms with Crippen molar-refractivity contribution in [2.75, 3.05) is 0 Å². The smallest absolute Gasteiger partial charge is 0.251 e. The molecule has 0 aliphatic rings. The second-order valence-electron chi connectivity index (χ2n) is 8.22. The Kier molecular flexibility index (Phi) is 6.10. The monoisotopic (exact) mass is 431 g/mol. The van der Waals surface area contributed by atoms with Crippen LogP contribution >= 0.6 is 11.6 Å². The highest BCUT2D eigenvalue weighted by atomic mass is 35.5. The Bertz CT molecular complexity index is 1190. The summed E-state index contributed by atoms with van der Waals surface area (Å²) in [6.07, 6.45) is 1.83. The molecule has 0 saturated heterocycles. The Balaban J connectivity index is 1.52. The van der Waals surface area contributed by atoms with Crippen molar-refractivity contribution in [3.8, 4) is 0 Å². The molecule has 1 N–H and O–H groups in total. The molecule has 31 heavy (non-hydrogen) atoms. The number of fused-ring (bicyclic) bond motifs is 1. The molecule has 1 amide bonds. The van der Waals surface area contributed by atoms with Gasteiger partial charge in [0.15, 0.2) is 0 Å². The standard InChI is InChI=1S/C26H26ClN3O/c1-17(2)20-6-8-21(9-7-20)18(3)29-26(31)22-10-11-23-15-28-30(25(23)14-22)16-19-4-12-24(27)13-5-19/h4-15,17-18H,16H2,1-3H3,(H,29,31)/t18-/m1/s1. The van der Waals surface area contributed by atoms with E-state index in [0.717, 1.165) is 22.0 Å². The normalized spacial score (nSPS) is 12.3. The number of aromatic nitrogens is 2. The molecule has 1 heterocycles. The largest absolute Gasteiger partial charge is 0.346 e. The minimum Gasteiger partial charge on any atom is -0.346 e. The van der Waals surface area contributed by atoms with E-state index in [9.17, 15) is 4.79 Å². The Labute approximate surface area is 187 Å². The molecule has 0 radical (unpaired) electrons. The summed E-state index contributed by atoms with van der Waals surface area (Å²) < 4.78 is 1.91. The van der Waals surface area contributed by atoms with Crippen LogP contribution in [0, 0.1) is 0 Å². The summed E-state index contributed by atoms with van der Waals surface area (Å²) in [5.41, 5.74) is 5.03. The molecule has 158 valence electrons. The molecule has 1 atom stereocenters. The van der Waals surface area contributed by atoms with Crippen molar-refractivity contribution in [3.05, 3.63) is 100 Å². The lowest BCUT2D eigenvalue weighted by atomic mass is 9.99. The highest BCUT2D eigenvalue weighted by Gasteiger charge is 2.14. The number of nitrogens with zero attached hydrogens (tertiary/aromatic N) is 2. The summed E-state index contributed by atoms with van der Waals surface area (Å²) in [7, 11) is 0. The first-order valence-corrected chi connectivity index (χ1v) is 10.9. The van der Waals surface area contributed by atoms with Gasteiger partial charge in [-0.2, -0.15) is 5.10 Å². The minimum absolute atomic E-state index is 0.0802. The van der Waals surface area contributed by atoms with Crippen molar-refractivity contribution in [3.63, 3.8) is 0 Å². The van der Waals surface area contributed by atoms with Crippen LogP contribution in [0.4, 0.5) is 0 Å². The average molecular weight is 432 g/mol. The predicted molar refractivity (Wildman–Crippen MR) is 127 cm³/mol. The molecule has 3 aromatic carbocycles. The summed E-state index contributed by atoms with van der Waals surface area (Å²) in [5, 5.41) is 9.32. The van der Waals surface area contributed by atoms with Crippen LogP contribution in [0.5, 0.6) is 0 Å². The zero-order valence-corrected chi connectivity index (χ0v) is 18.7. The molecule has 1 aromatic heterocycles. The van der Waals surface area contributed by atoms with Crippen molar-refractivity contribution in [2.45, 2.75) is 39.3 Å². The maximum atomic E-state index is 12.9. The average Bonchev–Trinajstić information content (AvgIpc) is 3.17. The van der Waals surface area contributed by atoms with Crippen molar-refractivity contribution >= 4 is 28.4 Å². The second-order valence-corrected chi connectivity index (χ2v) is 8.66. The molecule has 4 rings (SSSR count). The van der Waals surface area contributed by atoms with Crippen LogP contribution < -0.4 is 5.32 Å². The molecule has 0 fully saturated rings. The van der Waals surface area contributed by atoms with E-state index in [2.05, 4.69) is 48.5 Å². The van der Waals surface area contributed by atoms with Gasteiger partial charge in [-0.1, -0.05) is 67.9 Å². The maximum absolute atomic E-state index is 12.9. The molecule has 4 nitrogen and oxygen atoms in total. The van der Waals surface area contributed by atoms with Crippen LogP contribution in [0.3, 0.4) is 0 Å². The van der Waals surface area contributed by atoms with Gasteiger partial charge in [-0.15, -0.1) is 0 Å². The number of carbonyl (C=O) groups excluding carboxylic acids is 1. The summed E-state index contributed by atoms with van der Waals surface area (Å²) >= 11 is 5.98. The van der Waals surface area contributed by atoms with Crippen molar-refractivity contribution in [1.82, 2.24) is 15.1 Å². The quantitative estimate of drug-likeness (QED) is 0.386. The van der Waals surface area contributed by atoms with Gasteiger partial charge in [-0.3, -0.25) is 9.48 Å². The fourth-order valence-corrected chi connectivity index (χ4v) is 3.76. The first kappa shape index (κ1) is 21.1. The number of benzene rings is 3. The highest BCUT2D eigenvalue weighted by Crippen LogP contribution is 2.21. The number of nitrogens with one attached hydrogen (secondary N) is 1. The lowest BCUT2D eigenvalue weighted by Crippen LogP contribution is -2.26. The number of carbonyl (C=O) groups is 1. The zero-order valence-electron chi connectivity index (χ0n) is 18.0. The topological polar surface area (TPSA) is 46.9 Å². The van der Waals surface area contributed by atoms with E-state index < -0.39 is 0 Å². The van der Waals surface area contributed by atoms with Crippen molar-refractivity contribution < 1.29 is 4.79 Å². The van der Waals surface area contributed by atoms with Crippen LogP contribution in [0.2, 0.25) is 5.02 Å². The number of hydrogen-bond donors (Lipinski definition) is 1. The molecular weight excluding hydrogens is 406 g/mol. The Hall–Kier alpha value is -3.11. The zero-order chi connectivity index (χ0) is 22.0. The van der Waals surface area contributed by atoms with Crippen LogP contribution in [0.15, 0.2) is 72.9 Å². The van der Waals surface area contributed by atoms with Crippen LogP contribution in [0.1, 0.15) is 59.8 Å². The fourth-order valence-electron chi connectivity index (χ4n) is 3.63. The SMILES string of the molecule is CC(C)c1ccc([C@@H](C)NC(=O)c2ccc3cnn(Cc4ccc(Cl)cc4)c3c2)cc1. The third kappa shape index (κ3) is 4.80. The molecule has 0 aliphatic heterocycles.